The summed E-state index contributed by atoms with van der Waals surface area (Å²) in [6, 6.07) is 61.4. The van der Waals surface area contributed by atoms with Gasteiger partial charge in [-0.25, -0.2) is 0 Å². The smallest absolute Gasteiger partial charge is 0.0711 e. The average Bonchev–Trinajstić information content (AvgIpc) is 3.72. The lowest BCUT2D eigenvalue weighted by molar-refractivity contribution is 1.18. The molecule has 246 valence electrons. The van der Waals surface area contributed by atoms with Crippen molar-refractivity contribution in [1.29, 1.82) is 0 Å². The first-order valence-corrected chi connectivity index (χ1v) is 17.9. The van der Waals surface area contributed by atoms with Crippen molar-refractivity contribution in [3.8, 4) is 44.9 Å². The molecule has 52 heavy (non-hydrogen) atoms. The lowest BCUT2D eigenvalue weighted by atomic mass is 9.93. The summed E-state index contributed by atoms with van der Waals surface area (Å²) in [4.78, 5) is 5.00. The highest BCUT2D eigenvalue weighted by atomic mass is 15.0. The van der Waals surface area contributed by atoms with Crippen molar-refractivity contribution >= 4 is 43.6 Å². The van der Waals surface area contributed by atoms with Crippen molar-refractivity contribution in [2.45, 2.75) is 13.8 Å². The maximum Gasteiger partial charge on any atom is 0.0711 e. The van der Waals surface area contributed by atoms with E-state index >= 15 is 0 Å². The number of hydrogen-bond donors (Lipinski definition) is 0. The Bertz CT molecular complexity index is 2890. The van der Waals surface area contributed by atoms with E-state index in [0.717, 1.165) is 28.2 Å². The fourth-order valence-corrected chi connectivity index (χ4v) is 8.23. The number of aromatic nitrogens is 3. The van der Waals surface area contributed by atoms with Gasteiger partial charge in [-0.05, 0) is 102 Å². The Morgan fingerprint density at radius 2 is 0.808 bits per heavy atom. The molecule has 3 heterocycles. The molecule has 7 aromatic carbocycles. The molecular formula is C49H35N3. The lowest BCUT2D eigenvalue weighted by Crippen LogP contribution is -1.97. The van der Waals surface area contributed by atoms with Crippen LogP contribution in [-0.4, -0.2) is 14.1 Å². The predicted molar refractivity (Wildman–Crippen MR) is 219 cm³/mol. The second-order valence-electron chi connectivity index (χ2n) is 13.7. The van der Waals surface area contributed by atoms with Crippen molar-refractivity contribution in [2.75, 3.05) is 0 Å². The summed E-state index contributed by atoms with van der Waals surface area (Å²) in [5.41, 5.74) is 16.4. The van der Waals surface area contributed by atoms with E-state index in [-0.39, 0.29) is 0 Å². The Balaban J connectivity index is 1.06. The standard InChI is InChI=1S/C49H35N3/c1-32-31-50-45(30-44(32)35-15-12-17-37(29-35)52-48-26-9-5-20-42(48)43-21-6-10-27-49(43)52)39-23-13-22-38(33(39)2)34-14-11-16-36(28-34)51-46-24-7-3-18-40(46)41-19-4-8-25-47(41)51/h3-31H,1-2H3. The van der Waals surface area contributed by atoms with Crippen molar-refractivity contribution < 1.29 is 0 Å². The van der Waals surface area contributed by atoms with Crippen LogP contribution in [0.1, 0.15) is 11.1 Å². The third-order valence-electron chi connectivity index (χ3n) is 10.7. The first-order chi connectivity index (χ1) is 25.6. The molecule has 10 aromatic rings. The van der Waals surface area contributed by atoms with E-state index in [0.29, 0.717) is 0 Å². The van der Waals surface area contributed by atoms with Gasteiger partial charge in [-0.3, -0.25) is 4.98 Å². The van der Waals surface area contributed by atoms with Crippen LogP contribution >= 0.6 is 0 Å². The molecule has 0 radical (unpaired) electrons. The highest BCUT2D eigenvalue weighted by Crippen LogP contribution is 2.38. The van der Waals surface area contributed by atoms with E-state index < -0.39 is 0 Å². The summed E-state index contributed by atoms with van der Waals surface area (Å²) in [5.74, 6) is 0. The first-order valence-electron chi connectivity index (χ1n) is 17.9. The molecule has 0 atom stereocenters. The molecule has 0 aliphatic carbocycles. The van der Waals surface area contributed by atoms with Gasteiger partial charge in [0.2, 0.25) is 0 Å². The third kappa shape index (κ3) is 4.70. The van der Waals surface area contributed by atoms with Gasteiger partial charge in [0.05, 0.1) is 27.8 Å². The molecule has 10 rings (SSSR count). The Morgan fingerprint density at radius 1 is 0.385 bits per heavy atom. The largest absolute Gasteiger partial charge is 0.309 e. The predicted octanol–water partition coefficient (Wildman–Crippen LogP) is 12.9. The number of hydrogen-bond acceptors (Lipinski definition) is 1. The van der Waals surface area contributed by atoms with Crippen LogP contribution in [0, 0.1) is 13.8 Å². The number of aryl methyl sites for hydroxylation is 1. The van der Waals surface area contributed by atoms with Gasteiger partial charge in [0.1, 0.15) is 0 Å². The lowest BCUT2D eigenvalue weighted by Gasteiger charge is -2.16. The second kappa shape index (κ2) is 12.0. The minimum atomic E-state index is 0.973. The number of pyridine rings is 1. The van der Waals surface area contributed by atoms with Crippen LogP contribution in [0.5, 0.6) is 0 Å². The van der Waals surface area contributed by atoms with Crippen LogP contribution in [-0.2, 0) is 0 Å². The van der Waals surface area contributed by atoms with Crippen LogP contribution < -0.4 is 0 Å². The first kappa shape index (κ1) is 30.1. The van der Waals surface area contributed by atoms with Gasteiger partial charge in [0, 0.05) is 44.7 Å². The summed E-state index contributed by atoms with van der Waals surface area (Å²) in [6.07, 6.45) is 2.02. The molecule has 3 nitrogen and oxygen atoms in total. The van der Waals surface area contributed by atoms with E-state index in [9.17, 15) is 0 Å². The van der Waals surface area contributed by atoms with Crippen LogP contribution in [0.25, 0.3) is 88.5 Å². The molecule has 3 aromatic heterocycles. The van der Waals surface area contributed by atoms with Crippen LogP contribution in [0.4, 0.5) is 0 Å². The quantitative estimate of drug-likeness (QED) is 0.179. The number of para-hydroxylation sites is 4. The number of fused-ring (bicyclic) bond motifs is 6. The molecule has 0 N–H and O–H groups in total. The van der Waals surface area contributed by atoms with Gasteiger partial charge in [-0.2, -0.15) is 0 Å². The zero-order valence-electron chi connectivity index (χ0n) is 29.1. The van der Waals surface area contributed by atoms with E-state index in [1.54, 1.807) is 0 Å². The Morgan fingerprint density at radius 3 is 1.31 bits per heavy atom. The fraction of sp³-hybridized carbons (Fsp3) is 0.0408. The van der Waals surface area contributed by atoms with E-state index in [1.165, 1.54) is 71.4 Å². The van der Waals surface area contributed by atoms with Gasteiger partial charge in [0.15, 0.2) is 0 Å². The maximum absolute atomic E-state index is 5.00. The van der Waals surface area contributed by atoms with Crippen LogP contribution in [0.15, 0.2) is 176 Å². The molecular weight excluding hydrogens is 631 g/mol. The molecule has 0 aliphatic heterocycles. The SMILES string of the molecule is Cc1cnc(-c2cccc(-c3cccc(-n4c5ccccc5c5ccccc54)c3)c2C)cc1-c1cccc(-n2c3ccccc3c3ccccc32)c1. The Kier molecular flexibility index (Phi) is 6.94. The second-order valence-corrected chi connectivity index (χ2v) is 13.7. The molecule has 0 spiro atoms. The van der Waals surface area contributed by atoms with Gasteiger partial charge < -0.3 is 9.13 Å². The van der Waals surface area contributed by atoms with Gasteiger partial charge in [0.25, 0.3) is 0 Å². The van der Waals surface area contributed by atoms with Gasteiger partial charge in [-0.15, -0.1) is 0 Å². The number of rotatable bonds is 5. The van der Waals surface area contributed by atoms with Gasteiger partial charge in [-0.1, -0.05) is 115 Å². The molecule has 0 aliphatic rings. The molecule has 3 heteroatoms. The third-order valence-corrected chi connectivity index (χ3v) is 10.7. The van der Waals surface area contributed by atoms with E-state index in [4.69, 9.17) is 4.98 Å². The highest BCUT2D eigenvalue weighted by molar-refractivity contribution is 6.10. The Hall–Kier alpha value is -6.71. The molecule has 0 amide bonds. The number of benzene rings is 7. The van der Waals surface area contributed by atoms with Crippen molar-refractivity contribution in [1.82, 2.24) is 14.1 Å². The molecule has 0 fully saturated rings. The topological polar surface area (TPSA) is 22.8 Å². The normalized spacial score (nSPS) is 11.7. The van der Waals surface area contributed by atoms with E-state index in [2.05, 4.69) is 193 Å². The Labute approximate surface area is 302 Å². The monoisotopic (exact) mass is 665 g/mol. The molecule has 0 unspecified atom stereocenters. The average molecular weight is 666 g/mol. The summed E-state index contributed by atoms with van der Waals surface area (Å²) >= 11 is 0. The highest BCUT2D eigenvalue weighted by Gasteiger charge is 2.16. The summed E-state index contributed by atoms with van der Waals surface area (Å²) in [6.45, 7) is 4.38. The van der Waals surface area contributed by atoms with Crippen molar-refractivity contribution in [3.05, 3.63) is 187 Å². The molecule has 0 bridgehead atoms. The fourth-order valence-electron chi connectivity index (χ4n) is 8.23. The number of nitrogens with zero attached hydrogens (tertiary/aromatic N) is 3. The van der Waals surface area contributed by atoms with Crippen LogP contribution in [0.2, 0.25) is 0 Å². The molecule has 0 saturated heterocycles. The van der Waals surface area contributed by atoms with E-state index in [1.807, 2.05) is 6.20 Å². The minimum Gasteiger partial charge on any atom is -0.309 e. The summed E-state index contributed by atoms with van der Waals surface area (Å²) < 4.78 is 4.77. The minimum absolute atomic E-state index is 0.973. The van der Waals surface area contributed by atoms with Gasteiger partial charge >= 0.3 is 0 Å². The van der Waals surface area contributed by atoms with Crippen molar-refractivity contribution in [2.24, 2.45) is 0 Å². The zero-order valence-corrected chi connectivity index (χ0v) is 29.1. The van der Waals surface area contributed by atoms with Crippen LogP contribution in [0.3, 0.4) is 0 Å². The summed E-state index contributed by atoms with van der Waals surface area (Å²) in [5, 5.41) is 5.07. The van der Waals surface area contributed by atoms with Crippen molar-refractivity contribution in [3.63, 3.8) is 0 Å². The molecule has 0 saturated carbocycles. The zero-order chi connectivity index (χ0) is 34.8. The summed E-state index contributed by atoms with van der Waals surface area (Å²) in [7, 11) is 0. The maximum atomic E-state index is 5.00.